The molecule has 0 bridgehead atoms. The van der Waals surface area contributed by atoms with E-state index in [0.717, 1.165) is 23.9 Å². The summed E-state index contributed by atoms with van der Waals surface area (Å²) < 4.78 is 6.57. The molecule has 1 aliphatic rings. The van der Waals surface area contributed by atoms with Crippen molar-refractivity contribution < 1.29 is 9.53 Å². The van der Waals surface area contributed by atoms with Gasteiger partial charge in [0.25, 0.3) is 0 Å². The van der Waals surface area contributed by atoms with Crippen LogP contribution in [0.3, 0.4) is 0 Å². The minimum absolute atomic E-state index is 0.126. The Morgan fingerprint density at radius 3 is 2.65 bits per heavy atom. The van der Waals surface area contributed by atoms with Crippen LogP contribution in [0.5, 0.6) is 0 Å². The maximum absolute atomic E-state index is 12.3. The number of amides is 1. The van der Waals surface area contributed by atoms with Crippen molar-refractivity contribution in [3.8, 4) is 0 Å². The van der Waals surface area contributed by atoms with Gasteiger partial charge in [0.15, 0.2) is 0 Å². The fraction of sp³-hybridized carbons (Fsp3) is 0.562. The van der Waals surface area contributed by atoms with Crippen molar-refractivity contribution in [3.05, 3.63) is 33.8 Å². The Hall–Kier alpha value is -1.03. The van der Waals surface area contributed by atoms with Crippen LogP contribution in [-0.4, -0.2) is 23.1 Å². The Morgan fingerprint density at radius 2 is 2.05 bits per heavy atom. The second-order valence-electron chi connectivity index (χ2n) is 6.39. The van der Waals surface area contributed by atoms with Gasteiger partial charge in [-0.3, -0.25) is 0 Å². The molecule has 0 aromatic heterocycles. The summed E-state index contributed by atoms with van der Waals surface area (Å²) in [5.41, 5.74) is 1.93. The van der Waals surface area contributed by atoms with Crippen LogP contribution in [0, 0.1) is 6.92 Å². The molecule has 1 heterocycles. The molecule has 110 valence electrons. The summed E-state index contributed by atoms with van der Waals surface area (Å²) in [6.07, 6.45) is 1.81. The number of aryl methyl sites for hydroxylation is 1. The third-order valence-electron chi connectivity index (χ3n) is 3.33. The lowest BCUT2D eigenvalue weighted by molar-refractivity contribution is 0.0224. The average molecular weight is 340 g/mol. The molecule has 2 rings (SSSR count). The number of carbonyl (C=O) groups excluding carboxylic acids is 1. The molecule has 1 fully saturated rings. The number of ether oxygens (including phenoxy) is 1. The standard InChI is InChI=1S/C16H22BrNO2/c1-11-8-12(10-13(17)9-11)14-6-5-7-18(14)15(19)20-16(2,3)4/h8-10,14H,5-7H2,1-4H3. The van der Waals surface area contributed by atoms with Gasteiger partial charge in [0, 0.05) is 11.0 Å². The Kier molecular flexibility index (Phi) is 4.43. The van der Waals surface area contributed by atoms with Gasteiger partial charge in [-0.1, -0.05) is 22.0 Å². The Labute approximate surface area is 129 Å². The van der Waals surface area contributed by atoms with Crippen LogP contribution in [0.15, 0.2) is 22.7 Å². The summed E-state index contributed by atoms with van der Waals surface area (Å²) in [5.74, 6) is 0. The molecule has 1 atom stereocenters. The summed E-state index contributed by atoms with van der Waals surface area (Å²) in [4.78, 5) is 14.2. The molecule has 0 aliphatic carbocycles. The van der Waals surface area contributed by atoms with E-state index in [1.54, 1.807) is 0 Å². The van der Waals surface area contributed by atoms with E-state index in [9.17, 15) is 4.79 Å². The van der Waals surface area contributed by atoms with E-state index in [4.69, 9.17) is 4.74 Å². The van der Waals surface area contributed by atoms with Crippen LogP contribution in [0.25, 0.3) is 0 Å². The van der Waals surface area contributed by atoms with Crippen molar-refractivity contribution in [1.82, 2.24) is 4.90 Å². The highest BCUT2D eigenvalue weighted by atomic mass is 79.9. The quantitative estimate of drug-likeness (QED) is 0.733. The highest BCUT2D eigenvalue weighted by Gasteiger charge is 2.33. The van der Waals surface area contributed by atoms with Crippen molar-refractivity contribution in [2.24, 2.45) is 0 Å². The summed E-state index contributed by atoms with van der Waals surface area (Å²) in [6, 6.07) is 6.45. The molecule has 1 aliphatic heterocycles. The van der Waals surface area contributed by atoms with E-state index in [2.05, 4.69) is 41.1 Å². The zero-order valence-corrected chi connectivity index (χ0v) is 14.2. The Morgan fingerprint density at radius 1 is 1.35 bits per heavy atom. The molecule has 1 aromatic rings. The fourth-order valence-corrected chi connectivity index (χ4v) is 3.23. The predicted octanol–water partition coefficient (Wildman–Crippen LogP) is 4.83. The maximum atomic E-state index is 12.3. The maximum Gasteiger partial charge on any atom is 0.410 e. The van der Waals surface area contributed by atoms with Crippen molar-refractivity contribution in [3.63, 3.8) is 0 Å². The van der Waals surface area contributed by atoms with Gasteiger partial charge in [-0.25, -0.2) is 4.79 Å². The van der Waals surface area contributed by atoms with Gasteiger partial charge in [-0.2, -0.15) is 0 Å². The van der Waals surface area contributed by atoms with Crippen LogP contribution in [0.2, 0.25) is 0 Å². The average Bonchev–Trinajstić information content (AvgIpc) is 2.73. The number of rotatable bonds is 1. The molecule has 0 N–H and O–H groups in total. The van der Waals surface area contributed by atoms with Gasteiger partial charge >= 0.3 is 6.09 Å². The van der Waals surface area contributed by atoms with Crippen LogP contribution >= 0.6 is 15.9 Å². The number of carbonyl (C=O) groups is 1. The zero-order chi connectivity index (χ0) is 14.9. The molecule has 1 amide bonds. The van der Waals surface area contributed by atoms with Crippen LogP contribution in [0.4, 0.5) is 4.79 Å². The monoisotopic (exact) mass is 339 g/mol. The van der Waals surface area contributed by atoms with E-state index < -0.39 is 5.60 Å². The van der Waals surface area contributed by atoms with Crippen LogP contribution in [0.1, 0.15) is 50.8 Å². The Bertz CT molecular complexity index is 487. The van der Waals surface area contributed by atoms with Gasteiger partial charge in [0.1, 0.15) is 5.60 Å². The van der Waals surface area contributed by atoms with Gasteiger partial charge in [0.05, 0.1) is 6.04 Å². The lowest BCUT2D eigenvalue weighted by Gasteiger charge is -2.29. The second kappa shape index (κ2) is 5.76. The van der Waals surface area contributed by atoms with E-state index >= 15 is 0 Å². The first-order valence-electron chi connectivity index (χ1n) is 7.03. The minimum atomic E-state index is -0.447. The molecular weight excluding hydrogens is 318 g/mol. The molecule has 0 spiro atoms. The largest absolute Gasteiger partial charge is 0.444 e. The SMILES string of the molecule is Cc1cc(Br)cc(C2CCCN2C(=O)OC(C)(C)C)c1. The van der Waals surface area contributed by atoms with E-state index in [1.807, 2.05) is 25.7 Å². The lowest BCUT2D eigenvalue weighted by atomic mass is 10.0. The lowest BCUT2D eigenvalue weighted by Crippen LogP contribution is -2.36. The van der Waals surface area contributed by atoms with Crippen molar-refractivity contribution in [2.75, 3.05) is 6.54 Å². The first-order valence-corrected chi connectivity index (χ1v) is 7.82. The zero-order valence-electron chi connectivity index (χ0n) is 12.6. The molecule has 3 nitrogen and oxygen atoms in total. The molecule has 20 heavy (non-hydrogen) atoms. The number of hydrogen-bond acceptors (Lipinski definition) is 2. The van der Waals surface area contributed by atoms with Crippen LogP contribution < -0.4 is 0 Å². The van der Waals surface area contributed by atoms with E-state index in [-0.39, 0.29) is 12.1 Å². The molecule has 1 saturated heterocycles. The van der Waals surface area contributed by atoms with Crippen LogP contribution in [-0.2, 0) is 4.74 Å². The number of halogens is 1. The summed E-state index contributed by atoms with van der Waals surface area (Å²) in [6.45, 7) is 8.55. The third kappa shape index (κ3) is 3.75. The normalized spacial score (nSPS) is 19.2. The van der Waals surface area contributed by atoms with Gasteiger partial charge < -0.3 is 9.64 Å². The highest BCUT2D eigenvalue weighted by Crippen LogP contribution is 2.34. The van der Waals surface area contributed by atoms with Crippen molar-refractivity contribution in [1.29, 1.82) is 0 Å². The summed E-state index contributed by atoms with van der Waals surface area (Å²) in [7, 11) is 0. The Balaban J connectivity index is 2.20. The number of nitrogens with zero attached hydrogens (tertiary/aromatic N) is 1. The number of likely N-dealkylation sites (tertiary alicyclic amines) is 1. The first-order chi connectivity index (χ1) is 9.26. The van der Waals surface area contributed by atoms with E-state index in [1.165, 1.54) is 11.1 Å². The third-order valence-corrected chi connectivity index (χ3v) is 3.79. The molecule has 0 saturated carbocycles. The molecule has 1 aromatic carbocycles. The van der Waals surface area contributed by atoms with Crippen molar-refractivity contribution in [2.45, 2.75) is 52.2 Å². The van der Waals surface area contributed by atoms with Gasteiger partial charge in [0.2, 0.25) is 0 Å². The van der Waals surface area contributed by atoms with Gasteiger partial charge in [-0.15, -0.1) is 0 Å². The van der Waals surface area contributed by atoms with Gasteiger partial charge in [-0.05, 0) is 63.8 Å². The molecule has 1 unspecified atom stereocenters. The molecule has 4 heteroatoms. The number of hydrogen-bond donors (Lipinski definition) is 0. The minimum Gasteiger partial charge on any atom is -0.444 e. The highest BCUT2D eigenvalue weighted by molar-refractivity contribution is 9.10. The topological polar surface area (TPSA) is 29.5 Å². The summed E-state index contributed by atoms with van der Waals surface area (Å²) in [5, 5.41) is 0. The second-order valence-corrected chi connectivity index (χ2v) is 7.31. The first kappa shape index (κ1) is 15.4. The fourth-order valence-electron chi connectivity index (χ4n) is 2.61. The molecular formula is C16H22BrNO2. The number of benzene rings is 1. The summed E-state index contributed by atoms with van der Waals surface area (Å²) >= 11 is 3.53. The van der Waals surface area contributed by atoms with Crippen molar-refractivity contribution >= 4 is 22.0 Å². The predicted molar refractivity (Wildman–Crippen MR) is 83.8 cm³/mol. The smallest absolute Gasteiger partial charge is 0.410 e. The molecule has 0 radical (unpaired) electrons. The van der Waals surface area contributed by atoms with E-state index in [0.29, 0.717) is 0 Å².